The van der Waals surface area contributed by atoms with Gasteiger partial charge in [0.15, 0.2) is 0 Å². The van der Waals surface area contributed by atoms with E-state index < -0.39 is 5.97 Å². The Morgan fingerprint density at radius 2 is 1.79 bits per heavy atom. The molecule has 2 N–H and O–H groups in total. The van der Waals surface area contributed by atoms with Crippen LogP contribution in [0.5, 0.6) is 5.75 Å². The molecular formula is C15H11FO3. The Kier molecular flexibility index (Phi) is 3.61. The lowest BCUT2D eigenvalue weighted by atomic mass is 10.0. The molecule has 0 atom stereocenters. The molecule has 0 spiro atoms. The number of benzene rings is 2. The lowest BCUT2D eigenvalue weighted by Crippen LogP contribution is -1.99. The molecule has 0 bridgehead atoms. The number of carboxylic acids is 1. The molecule has 0 aliphatic rings. The van der Waals surface area contributed by atoms with E-state index in [9.17, 15) is 19.4 Å². The summed E-state index contributed by atoms with van der Waals surface area (Å²) < 4.78 is 12.8. The zero-order valence-corrected chi connectivity index (χ0v) is 9.88. The summed E-state index contributed by atoms with van der Waals surface area (Å²) in [7, 11) is 0. The summed E-state index contributed by atoms with van der Waals surface area (Å²) in [6, 6.07) is 11.5. The summed E-state index contributed by atoms with van der Waals surface area (Å²) in [5.74, 6) is -1.51. The maximum absolute atomic E-state index is 12.8. The second-order valence-corrected chi connectivity index (χ2v) is 3.97. The van der Waals surface area contributed by atoms with E-state index in [0.717, 1.165) is 0 Å². The summed E-state index contributed by atoms with van der Waals surface area (Å²) in [6.07, 6.45) is 1.43. The van der Waals surface area contributed by atoms with Crippen molar-refractivity contribution in [3.63, 3.8) is 0 Å². The van der Waals surface area contributed by atoms with E-state index >= 15 is 0 Å². The lowest BCUT2D eigenvalue weighted by Gasteiger charge is -2.04. The van der Waals surface area contributed by atoms with Crippen LogP contribution < -0.4 is 0 Å². The molecule has 4 heteroatoms. The number of rotatable bonds is 3. The Hall–Kier alpha value is -2.62. The van der Waals surface area contributed by atoms with Gasteiger partial charge in [-0.15, -0.1) is 0 Å². The van der Waals surface area contributed by atoms with Crippen LogP contribution in [-0.4, -0.2) is 16.2 Å². The Bertz CT molecular complexity index is 630. The molecule has 0 aliphatic heterocycles. The first-order chi connectivity index (χ1) is 9.06. The number of carboxylic acid groups (broad SMARTS) is 1. The van der Waals surface area contributed by atoms with E-state index in [0.29, 0.717) is 11.1 Å². The number of carbonyl (C=O) groups is 1. The molecule has 0 fully saturated rings. The van der Waals surface area contributed by atoms with Crippen molar-refractivity contribution in [2.45, 2.75) is 0 Å². The SMILES string of the molecule is O=C(O)/C(=C\c1ccc(F)cc1)c1cccc(O)c1. The van der Waals surface area contributed by atoms with Gasteiger partial charge in [0.1, 0.15) is 11.6 Å². The minimum atomic E-state index is -1.12. The summed E-state index contributed by atoms with van der Waals surface area (Å²) in [5.41, 5.74) is 0.987. The summed E-state index contributed by atoms with van der Waals surface area (Å²) in [4.78, 5) is 11.3. The normalized spacial score (nSPS) is 11.3. The third kappa shape index (κ3) is 3.19. The van der Waals surface area contributed by atoms with Crippen molar-refractivity contribution in [2.24, 2.45) is 0 Å². The number of hydrogen-bond donors (Lipinski definition) is 2. The van der Waals surface area contributed by atoms with Gasteiger partial charge >= 0.3 is 5.97 Å². The predicted octanol–water partition coefficient (Wildman–Crippen LogP) is 3.16. The molecule has 96 valence electrons. The van der Waals surface area contributed by atoms with E-state index in [2.05, 4.69) is 0 Å². The molecule has 2 aromatic carbocycles. The molecule has 0 aliphatic carbocycles. The van der Waals surface area contributed by atoms with Gasteiger partial charge in [-0.05, 0) is 41.5 Å². The minimum absolute atomic E-state index is 0.0104. The predicted molar refractivity (Wildman–Crippen MR) is 70.0 cm³/mol. The molecule has 2 aromatic rings. The second-order valence-electron chi connectivity index (χ2n) is 3.97. The molecule has 0 heterocycles. The fourth-order valence-electron chi connectivity index (χ4n) is 1.67. The van der Waals surface area contributed by atoms with Crippen molar-refractivity contribution < 1.29 is 19.4 Å². The van der Waals surface area contributed by atoms with Gasteiger partial charge < -0.3 is 10.2 Å². The third-order valence-electron chi connectivity index (χ3n) is 2.57. The third-order valence-corrected chi connectivity index (χ3v) is 2.57. The molecular weight excluding hydrogens is 247 g/mol. The van der Waals surface area contributed by atoms with Crippen LogP contribution in [0.15, 0.2) is 48.5 Å². The first-order valence-corrected chi connectivity index (χ1v) is 5.56. The smallest absolute Gasteiger partial charge is 0.336 e. The van der Waals surface area contributed by atoms with Crippen molar-refractivity contribution in [1.29, 1.82) is 0 Å². The summed E-state index contributed by atoms with van der Waals surface area (Å²) >= 11 is 0. The van der Waals surface area contributed by atoms with E-state index in [1.165, 1.54) is 42.5 Å². The molecule has 0 unspecified atom stereocenters. The lowest BCUT2D eigenvalue weighted by molar-refractivity contribution is -0.130. The number of halogens is 1. The fraction of sp³-hybridized carbons (Fsp3) is 0. The molecule has 2 rings (SSSR count). The highest BCUT2D eigenvalue weighted by atomic mass is 19.1. The van der Waals surface area contributed by atoms with Gasteiger partial charge in [0.25, 0.3) is 0 Å². The van der Waals surface area contributed by atoms with Gasteiger partial charge in [0.2, 0.25) is 0 Å². The topological polar surface area (TPSA) is 57.5 Å². The maximum atomic E-state index is 12.8. The minimum Gasteiger partial charge on any atom is -0.508 e. The highest BCUT2D eigenvalue weighted by Gasteiger charge is 2.11. The summed E-state index contributed by atoms with van der Waals surface area (Å²) in [6.45, 7) is 0. The standard InChI is InChI=1S/C15H11FO3/c16-12-6-4-10(5-7-12)8-14(15(18)19)11-2-1-3-13(17)9-11/h1-9,17H,(H,18,19)/b14-8-. The second kappa shape index (κ2) is 5.35. The average molecular weight is 258 g/mol. The van der Waals surface area contributed by atoms with E-state index in [-0.39, 0.29) is 17.1 Å². The van der Waals surface area contributed by atoms with E-state index in [4.69, 9.17) is 0 Å². The van der Waals surface area contributed by atoms with E-state index in [1.54, 1.807) is 12.1 Å². The number of phenolic OH excluding ortho intramolecular Hbond substituents is 1. The zero-order chi connectivity index (χ0) is 13.8. The van der Waals surface area contributed by atoms with Gasteiger partial charge in [-0.3, -0.25) is 0 Å². The van der Waals surface area contributed by atoms with Gasteiger partial charge in [0.05, 0.1) is 5.57 Å². The number of hydrogen-bond acceptors (Lipinski definition) is 2. The van der Waals surface area contributed by atoms with Crippen molar-refractivity contribution in [1.82, 2.24) is 0 Å². The molecule has 0 aromatic heterocycles. The highest BCUT2D eigenvalue weighted by molar-refractivity contribution is 6.20. The molecule has 0 amide bonds. The fourth-order valence-corrected chi connectivity index (χ4v) is 1.67. The Morgan fingerprint density at radius 3 is 2.37 bits per heavy atom. The zero-order valence-electron chi connectivity index (χ0n) is 9.88. The van der Waals surface area contributed by atoms with Gasteiger partial charge in [-0.25, -0.2) is 9.18 Å². The van der Waals surface area contributed by atoms with Crippen LogP contribution in [0.25, 0.3) is 11.6 Å². The van der Waals surface area contributed by atoms with Crippen molar-refractivity contribution in [3.8, 4) is 5.75 Å². The average Bonchev–Trinajstić information content (AvgIpc) is 2.37. The van der Waals surface area contributed by atoms with Crippen LogP contribution >= 0.6 is 0 Å². The first kappa shape index (κ1) is 12.8. The quantitative estimate of drug-likeness (QED) is 0.656. The molecule has 0 saturated carbocycles. The number of phenols is 1. The van der Waals surface area contributed by atoms with Crippen molar-refractivity contribution >= 4 is 17.6 Å². The van der Waals surface area contributed by atoms with Crippen LogP contribution in [-0.2, 0) is 4.79 Å². The van der Waals surface area contributed by atoms with Crippen LogP contribution in [0.1, 0.15) is 11.1 Å². The number of aliphatic carboxylic acids is 1. The highest BCUT2D eigenvalue weighted by Crippen LogP contribution is 2.22. The summed E-state index contributed by atoms with van der Waals surface area (Å²) in [5, 5.41) is 18.6. The molecule has 3 nitrogen and oxygen atoms in total. The maximum Gasteiger partial charge on any atom is 0.336 e. The van der Waals surface area contributed by atoms with Gasteiger partial charge in [-0.2, -0.15) is 0 Å². The van der Waals surface area contributed by atoms with Gasteiger partial charge in [0, 0.05) is 0 Å². The van der Waals surface area contributed by atoms with Crippen molar-refractivity contribution in [2.75, 3.05) is 0 Å². The Balaban J connectivity index is 2.46. The monoisotopic (exact) mass is 258 g/mol. The van der Waals surface area contributed by atoms with Crippen LogP contribution in [0.3, 0.4) is 0 Å². The van der Waals surface area contributed by atoms with Crippen LogP contribution in [0, 0.1) is 5.82 Å². The molecule has 19 heavy (non-hydrogen) atoms. The largest absolute Gasteiger partial charge is 0.508 e. The van der Waals surface area contributed by atoms with Crippen molar-refractivity contribution in [3.05, 3.63) is 65.5 Å². The van der Waals surface area contributed by atoms with Gasteiger partial charge in [-0.1, -0.05) is 24.3 Å². The Morgan fingerprint density at radius 1 is 1.11 bits per heavy atom. The molecule has 0 radical (unpaired) electrons. The Labute approximate surface area is 109 Å². The number of aromatic hydroxyl groups is 1. The molecule has 0 saturated heterocycles. The first-order valence-electron chi connectivity index (χ1n) is 5.56. The van der Waals surface area contributed by atoms with Crippen LogP contribution in [0.4, 0.5) is 4.39 Å². The van der Waals surface area contributed by atoms with Crippen LogP contribution in [0.2, 0.25) is 0 Å². The van der Waals surface area contributed by atoms with E-state index in [1.807, 2.05) is 0 Å².